The molecule has 0 saturated heterocycles. The number of carbonyl (C=O) groups is 1. The highest BCUT2D eigenvalue weighted by Gasteiger charge is 2.24. The van der Waals surface area contributed by atoms with E-state index in [0.717, 1.165) is 31.4 Å². The van der Waals surface area contributed by atoms with Crippen LogP contribution in [0.2, 0.25) is 0 Å². The molecule has 7 heteroatoms. The van der Waals surface area contributed by atoms with Crippen LogP contribution in [-0.4, -0.2) is 32.7 Å². The first-order valence-corrected chi connectivity index (χ1v) is 10.5. The van der Waals surface area contributed by atoms with Gasteiger partial charge in [-0.3, -0.25) is 0 Å². The number of nitrogen functional groups attached to an aromatic ring is 1. The maximum absolute atomic E-state index is 14.6. The lowest BCUT2D eigenvalue weighted by Crippen LogP contribution is -2.24. The summed E-state index contributed by atoms with van der Waals surface area (Å²) in [5, 5.41) is 9.69. The standard InChI is InChI=1S/C21H26FN3O3.C2H6/c1-21(2,3)28-20(27)15-9-6-13(10-16(15)22)18-19(23)24-11-17(25-18)12-4-7-14(26)8-5-12;1-2/h6,9-12,14,26H,4-5,7-8H2,1-3H3,(H2,23,24);1-2H3. The number of carbonyl (C=O) groups excluding carboxylic acids is 1. The molecule has 6 nitrogen and oxygen atoms in total. The van der Waals surface area contributed by atoms with Crippen LogP contribution < -0.4 is 5.73 Å². The van der Waals surface area contributed by atoms with E-state index in [4.69, 9.17) is 10.5 Å². The van der Waals surface area contributed by atoms with E-state index in [2.05, 4.69) is 9.97 Å². The zero-order chi connectivity index (χ0) is 22.5. The van der Waals surface area contributed by atoms with Gasteiger partial charge in [0.2, 0.25) is 0 Å². The van der Waals surface area contributed by atoms with Crippen LogP contribution in [-0.2, 0) is 4.74 Å². The van der Waals surface area contributed by atoms with Crippen molar-refractivity contribution in [2.24, 2.45) is 0 Å². The van der Waals surface area contributed by atoms with Crippen LogP contribution in [0.4, 0.5) is 10.2 Å². The minimum Gasteiger partial charge on any atom is -0.456 e. The molecular formula is C23H32FN3O3. The van der Waals surface area contributed by atoms with Crippen molar-refractivity contribution in [3.05, 3.63) is 41.5 Å². The topological polar surface area (TPSA) is 98.3 Å². The predicted molar refractivity (Wildman–Crippen MR) is 116 cm³/mol. The monoisotopic (exact) mass is 417 g/mol. The number of esters is 1. The smallest absolute Gasteiger partial charge is 0.341 e. The molecule has 3 N–H and O–H groups in total. The molecule has 1 aliphatic rings. The van der Waals surface area contributed by atoms with Crippen LogP contribution in [0.25, 0.3) is 11.3 Å². The SMILES string of the molecule is CC.CC(C)(C)OC(=O)c1ccc(-c2nc(C3CCC(O)CC3)cnc2N)cc1F. The van der Waals surface area contributed by atoms with Gasteiger partial charge in [0.15, 0.2) is 0 Å². The molecule has 0 bridgehead atoms. The Labute approximate surface area is 177 Å². The van der Waals surface area contributed by atoms with Gasteiger partial charge in [0, 0.05) is 11.5 Å². The number of anilines is 1. The summed E-state index contributed by atoms with van der Waals surface area (Å²) in [7, 11) is 0. The van der Waals surface area contributed by atoms with E-state index in [-0.39, 0.29) is 23.4 Å². The molecule has 0 radical (unpaired) electrons. The van der Waals surface area contributed by atoms with E-state index in [9.17, 15) is 14.3 Å². The number of rotatable bonds is 3. The number of hydrogen-bond donors (Lipinski definition) is 2. The summed E-state index contributed by atoms with van der Waals surface area (Å²) < 4.78 is 19.8. The second-order valence-electron chi connectivity index (χ2n) is 8.23. The summed E-state index contributed by atoms with van der Waals surface area (Å²) in [6, 6.07) is 4.20. The van der Waals surface area contributed by atoms with Gasteiger partial charge in [0.25, 0.3) is 0 Å². The highest BCUT2D eigenvalue weighted by molar-refractivity contribution is 5.90. The second-order valence-corrected chi connectivity index (χ2v) is 8.23. The number of nitrogens with two attached hydrogens (primary N) is 1. The predicted octanol–water partition coefficient (Wildman–Crippen LogP) is 4.86. The number of nitrogens with zero attached hydrogens (tertiary/aromatic N) is 2. The number of benzene rings is 1. The first-order chi connectivity index (χ1) is 14.1. The van der Waals surface area contributed by atoms with Crippen LogP contribution in [0.5, 0.6) is 0 Å². The normalized spacial score (nSPS) is 18.9. The molecule has 0 unspecified atom stereocenters. The van der Waals surface area contributed by atoms with E-state index in [1.165, 1.54) is 12.1 Å². The first-order valence-electron chi connectivity index (χ1n) is 10.5. The van der Waals surface area contributed by atoms with Crippen molar-refractivity contribution in [3.63, 3.8) is 0 Å². The summed E-state index contributed by atoms with van der Waals surface area (Å²) in [5.74, 6) is -1.02. The van der Waals surface area contributed by atoms with Gasteiger partial charge in [-0.15, -0.1) is 0 Å². The molecule has 0 atom stereocenters. The van der Waals surface area contributed by atoms with Gasteiger partial charge < -0.3 is 15.6 Å². The maximum Gasteiger partial charge on any atom is 0.341 e. The van der Waals surface area contributed by atoms with Crippen LogP contribution in [0.1, 0.15) is 82.3 Å². The molecule has 0 aliphatic heterocycles. The van der Waals surface area contributed by atoms with Crippen molar-refractivity contribution in [1.29, 1.82) is 0 Å². The molecule has 3 rings (SSSR count). The lowest BCUT2D eigenvalue weighted by atomic mass is 9.85. The fourth-order valence-electron chi connectivity index (χ4n) is 3.35. The van der Waals surface area contributed by atoms with E-state index in [1.54, 1.807) is 33.0 Å². The van der Waals surface area contributed by atoms with E-state index in [0.29, 0.717) is 11.3 Å². The number of ether oxygens (including phenoxy) is 1. The highest BCUT2D eigenvalue weighted by Crippen LogP contribution is 2.34. The Hall–Kier alpha value is -2.54. The van der Waals surface area contributed by atoms with Crippen molar-refractivity contribution >= 4 is 11.8 Å². The fraction of sp³-hybridized carbons (Fsp3) is 0.522. The van der Waals surface area contributed by atoms with Crippen molar-refractivity contribution < 1.29 is 19.0 Å². The Morgan fingerprint density at radius 1 is 1.20 bits per heavy atom. The van der Waals surface area contributed by atoms with Gasteiger partial charge in [-0.05, 0) is 58.6 Å². The summed E-state index contributed by atoms with van der Waals surface area (Å²) in [4.78, 5) is 21.0. The Morgan fingerprint density at radius 2 is 1.83 bits per heavy atom. The third-order valence-electron chi connectivity index (χ3n) is 4.80. The van der Waals surface area contributed by atoms with E-state index < -0.39 is 17.4 Å². The molecule has 1 saturated carbocycles. The van der Waals surface area contributed by atoms with Crippen molar-refractivity contribution in [1.82, 2.24) is 9.97 Å². The number of aliphatic hydroxyl groups is 1. The van der Waals surface area contributed by atoms with Crippen molar-refractivity contribution in [2.45, 2.75) is 77.9 Å². The van der Waals surface area contributed by atoms with Crippen molar-refractivity contribution in [2.75, 3.05) is 5.73 Å². The number of hydrogen-bond acceptors (Lipinski definition) is 6. The minimum atomic E-state index is -0.717. The van der Waals surface area contributed by atoms with Gasteiger partial charge in [-0.25, -0.2) is 19.2 Å². The molecule has 2 aromatic rings. The first kappa shape index (κ1) is 23.7. The second kappa shape index (κ2) is 9.98. The van der Waals surface area contributed by atoms with Crippen LogP contribution in [0, 0.1) is 5.82 Å². The van der Waals surface area contributed by atoms with E-state index in [1.807, 2.05) is 13.8 Å². The Balaban J connectivity index is 0.00000155. The Morgan fingerprint density at radius 3 is 2.40 bits per heavy atom. The lowest BCUT2D eigenvalue weighted by Gasteiger charge is -2.25. The van der Waals surface area contributed by atoms with Gasteiger partial charge in [0.05, 0.1) is 23.6 Å². The largest absolute Gasteiger partial charge is 0.456 e. The molecule has 1 aromatic carbocycles. The molecule has 164 valence electrons. The van der Waals surface area contributed by atoms with Crippen LogP contribution in [0.15, 0.2) is 24.4 Å². The van der Waals surface area contributed by atoms with Gasteiger partial charge in [-0.1, -0.05) is 19.9 Å². The van der Waals surface area contributed by atoms with Crippen LogP contribution in [0.3, 0.4) is 0 Å². The number of halogens is 1. The molecule has 1 aliphatic carbocycles. The summed E-state index contributed by atoms with van der Waals surface area (Å²) in [5.41, 5.74) is 6.76. The van der Waals surface area contributed by atoms with Gasteiger partial charge in [0.1, 0.15) is 22.9 Å². The number of aliphatic hydroxyl groups excluding tert-OH is 1. The Kier molecular flexibility index (Phi) is 7.89. The molecule has 1 fully saturated rings. The van der Waals surface area contributed by atoms with Gasteiger partial charge >= 0.3 is 5.97 Å². The van der Waals surface area contributed by atoms with Gasteiger partial charge in [-0.2, -0.15) is 0 Å². The quantitative estimate of drug-likeness (QED) is 0.692. The number of aromatic nitrogens is 2. The highest BCUT2D eigenvalue weighted by atomic mass is 19.1. The fourth-order valence-corrected chi connectivity index (χ4v) is 3.35. The third-order valence-corrected chi connectivity index (χ3v) is 4.80. The molecule has 1 heterocycles. The summed E-state index contributed by atoms with van der Waals surface area (Å²) in [6.07, 6.45) is 4.49. The maximum atomic E-state index is 14.6. The Bertz CT molecular complexity index is 872. The zero-order valence-electron chi connectivity index (χ0n) is 18.4. The molecule has 0 spiro atoms. The molecule has 1 aromatic heterocycles. The molecule has 0 amide bonds. The average Bonchev–Trinajstić information content (AvgIpc) is 2.69. The lowest BCUT2D eigenvalue weighted by molar-refractivity contribution is 0.00647. The molecular weight excluding hydrogens is 385 g/mol. The summed E-state index contributed by atoms with van der Waals surface area (Å²) >= 11 is 0. The minimum absolute atomic E-state index is 0.136. The third kappa shape index (κ3) is 5.98. The van der Waals surface area contributed by atoms with Crippen molar-refractivity contribution in [3.8, 4) is 11.3 Å². The van der Waals surface area contributed by atoms with Crippen LogP contribution >= 0.6 is 0 Å². The average molecular weight is 418 g/mol. The summed E-state index contributed by atoms with van der Waals surface area (Å²) in [6.45, 7) is 9.18. The zero-order valence-corrected chi connectivity index (χ0v) is 18.4. The van der Waals surface area contributed by atoms with E-state index >= 15 is 0 Å². The molecule has 30 heavy (non-hydrogen) atoms.